The van der Waals surface area contributed by atoms with Crippen molar-refractivity contribution in [2.75, 3.05) is 0 Å². The van der Waals surface area contributed by atoms with Gasteiger partial charge in [0.2, 0.25) is 0 Å². The highest BCUT2D eigenvalue weighted by Crippen LogP contribution is 2.29. The minimum absolute atomic E-state index is 0. The summed E-state index contributed by atoms with van der Waals surface area (Å²) in [6.45, 7) is 14.4. The lowest BCUT2D eigenvalue weighted by molar-refractivity contribution is -0.113. The molecule has 0 aromatic rings. The zero-order chi connectivity index (χ0) is 9.94. The van der Waals surface area contributed by atoms with Gasteiger partial charge in [-0.25, -0.2) is 0 Å². The molecule has 0 amide bonds. The molecular formula is C11H24OSi. The van der Waals surface area contributed by atoms with Crippen LogP contribution in [0.4, 0.5) is 0 Å². The predicted molar refractivity (Wildman–Crippen MR) is 64.1 cm³/mol. The van der Waals surface area contributed by atoms with Crippen LogP contribution >= 0.6 is 0 Å². The second-order valence-electron chi connectivity index (χ2n) is 4.67. The lowest BCUT2D eigenvalue weighted by Crippen LogP contribution is -2.24. The zero-order valence-corrected chi connectivity index (χ0v) is 10.1. The molecular weight excluding hydrogens is 176 g/mol. The third-order valence-electron chi connectivity index (χ3n) is 2.45. The maximum absolute atomic E-state index is 11.3. The third kappa shape index (κ3) is 5.80. The van der Waals surface area contributed by atoms with Crippen molar-refractivity contribution in [1.29, 1.82) is 0 Å². The molecule has 2 heteroatoms. The summed E-state index contributed by atoms with van der Waals surface area (Å²) in [5, 5.41) is 0.352. The largest absolute Gasteiger partial charge is 0.295 e. The molecule has 0 bridgehead atoms. The molecule has 0 spiro atoms. The predicted octanol–water partition coefficient (Wildman–Crippen LogP) is 3.42. The van der Waals surface area contributed by atoms with Crippen LogP contribution in [0.15, 0.2) is 12.2 Å². The van der Waals surface area contributed by atoms with Crippen LogP contribution in [-0.4, -0.2) is 14.6 Å². The van der Waals surface area contributed by atoms with Crippen molar-refractivity contribution in [3.63, 3.8) is 0 Å². The quantitative estimate of drug-likeness (QED) is 0.504. The molecule has 0 rings (SSSR count). The van der Waals surface area contributed by atoms with Crippen LogP contribution in [0.2, 0.25) is 17.6 Å². The van der Waals surface area contributed by atoms with Crippen LogP contribution in [0, 0.1) is 0 Å². The molecule has 0 aromatic carbocycles. The van der Waals surface area contributed by atoms with Crippen molar-refractivity contribution in [1.82, 2.24) is 0 Å². The van der Waals surface area contributed by atoms with E-state index < -0.39 is 8.80 Å². The Morgan fingerprint density at radius 3 is 2.00 bits per heavy atom. The first-order valence-corrected chi connectivity index (χ1v) is 6.98. The number of carbonyl (C=O) groups excluding carboxylic acids is 1. The first-order valence-electron chi connectivity index (χ1n) is 4.44. The molecule has 0 saturated heterocycles. The molecule has 0 radical (unpaired) electrons. The number of carbonyl (C=O) groups is 1. The fourth-order valence-corrected chi connectivity index (χ4v) is 2.28. The molecule has 1 atom stereocenters. The Bertz CT molecular complexity index is 189. The summed E-state index contributed by atoms with van der Waals surface area (Å²) in [6, 6.07) is 0.763. The van der Waals surface area contributed by atoms with Crippen LogP contribution in [0.1, 0.15) is 35.1 Å². The van der Waals surface area contributed by atoms with Crippen LogP contribution in [0.25, 0.3) is 0 Å². The number of ketones is 1. The summed E-state index contributed by atoms with van der Waals surface area (Å²) in [4.78, 5) is 11.3. The van der Waals surface area contributed by atoms with Crippen LogP contribution < -0.4 is 0 Å². The van der Waals surface area contributed by atoms with E-state index in [0.717, 1.165) is 6.04 Å². The van der Waals surface area contributed by atoms with E-state index in [0.29, 0.717) is 10.6 Å². The van der Waals surface area contributed by atoms with Crippen LogP contribution in [0.5, 0.6) is 0 Å². The van der Waals surface area contributed by atoms with Gasteiger partial charge in [0, 0.05) is 14.8 Å². The molecule has 0 heterocycles. The number of hydrogen-bond acceptors (Lipinski definition) is 1. The Hall–Kier alpha value is -0.373. The van der Waals surface area contributed by atoms with E-state index >= 15 is 0 Å². The lowest BCUT2D eigenvalue weighted by atomic mass is 10.2. The Morgan fingerprint density at radius 1 is 1.38 bits per heavy atom. The molecule has 1 nitrogen and oxygen atoms in total. The van der Waals surface area contributed by atoms with E-state index in [1.165, 1.54) is 0 Å². The molecule has 13 heavy (non-hydrogen) atoms. The second kappa shape index (κ2) is 5.38. The lowest BCUT2D eigenvalue weighted by Gasteiger charge is -2.25. The van der Waals surface area contributed by atoms with Gasteiger partial charge in [0.15, 0.2) is 5.78 Å². The number of Topliss-reactive ketones (excluding diaryl/α,β-unsaturated/α-hetero) is 1. The Kier molecular flexibility index (Phi) is 6.25. The normalized spacial score (nSPS) is 13.0. The van der Waals surface area contributed by atoms with Crippen molar-refractivity contribution in [3.05, 3.63) is 12.2 Å². The van der Waals surface area contributed by atoms with Gasteiger partial charge in [-0.1, -0.05) is 41.3 Å². The van der Waals surface area contributed by atoms with E-state index in [9.17, 15) is 4.79 Å². The van der Waals surface area contributed by atoms with Gasteiger partial charge < -0.3 is 0 Å². The van der Waals surface area contributed by atoms with Gasteiger partial charge in [-0.2, -0.15) is 0 Å². The van der Waals surface area contributed by atoms with Crippen LogP contribution in [0.3, 0.4) is 0 Å². The van der Waals surface area contributed by atoms with Gasteiger partial charge in [-0.15, -0.1) is 0 Å². The summed E-state index contributed by atoms with van der Waals surface area (Å²) in [7, 11) is -0.915. The number of allylic oxidation sites excluding steroid dienone is 1. The fourth-order valence-electron chi connectivity index (χ4n) is 0.759. The first kappa shape index (κ1) is 15.1. The summed E-state index contributed by atoms with van der Waals surface area (Å²) >= 11 is 0. The molecule has 0 aliphatic rings. The van der Waals surface area contributed by atoms with E-state index in [1.807, 2.05) is 0 Å². The van der Waals surface area contributed by atoms with Gasteiger partial charge in [0.25, 0.3) is 0 Å². The average molecular weight is 200 g/mol. The molecule has 0 aliphatic carbocycles. The van der Waals surface area contributed by atoms with E-state index in [-0.39, 0.29) is 13.2 Å². The van der Waals surface area contributed by atoms with E-state index in [1.54, 1.807) is 6.92 Å². The average Bonchev–Trinajstić information content (AvgIpc) is 1.85. The Labute approximate surface area is 84.8 Å². The Morgan fingerprint density at radius 2 is 1.77 bits per heavy atom. The maximum atomic E-state index is 11.3. The van der Waals surface area contributed by atoms with Crippen molar-refractivity contribution in [2.45, 2.75) is 52.8 Å². The topological polar surface area (TPSA) is 17.1 Å². The maximum Gasteiger partial charge on any atom is 0.155 e. The molecule has 0 saturated carbocycles. The first-order chi connectivity index (χ1) is 5.25. The highest BCUT2D eigenvalue weighted by molar-refractivity contribution is 6.64. The van der Waals surface area contributed by atoms with Gasteiger partial charge >= 0.3 is 0 Å². The summed E-state index contributed by atoms with van der Waals surface area (Å²) in [5.41, 5.74) is 0.707. The SMILES string of the molecule is C.C=C(C)C(=O)C[SiH](C)C(C)(C)C. The van der Waals surface area contributed by atoms with Gasteiger partial charge in [0.1, 0.15) is 0 Å². The number of rotatable bonds is 3. The van der Waals surface area contributed by atoms with Crippen molar-refractivity contribution in [3.8, 4) is 0 Å². The summed E-state index contributed by atoms with van der Waals surface area (Å²) in [6.07, 6.45) is 0. The third-order valence-corrected chi connectivity index (χ3v) is 6.39. The minimum atomic E-state index is -0.915. The minimum Gasteiger partial charge on any atom is -0.295 e. The smallest absolute Gasteiger partial charge is 0.155 e. The second-order valence-corrected chi connectivity index (χ2v) is 8.62. The molecule has 0 aromatic heterocycles. The molecule has 0 N–H and O–H groups in total. The van der Waals surface area contributed by atoms with Gasteiger partial charge in [0.05, 0.1) is 0 Å². The fraction of sp³-hybridized carbons (Fsp3) is 0.727. The standard InChI is InChI=1S/C10H20OSi.CH4/c1-8(2)9(11)7-12(6)10(3,4)5;/h12H,1,7H2,2-6H3;1H4. The summed E-state index contributed by atoms with van der Waals surface area (Å²) in [5.74, 6) is 0.254. The Balaban J connectivity index is 0. The summed E-state index contributed by atoms with van der Waals surface area (Å²) < 4.78 is 0. The van der Waals surface area contributed by atoms with Crippen LogP contribution in [-0.2, 0) is 4.79 Å². The number of hydrogen-bond donors (Lipinski definition) is 0. The van der Waals surface area contributed by atoms with Crippen molar-refractivity contribution >= 4 is 14.6 Å². The van der Waals surface area contributed by atoms with Crippen molar-refractivity contribution < 1.29 is 4.79 Å². The molecule has 1 unspecified atom stereocenters. The monoisotopic (exact) mass is 200 g/mol. The van der Waals surface area contributed by atoms with Gasteiger partial charge in [-0.3, -0.25) is 4.79 Å². The van der Waals surface area contributed by atoms with E-state index in [2.05, 4.69) is 33.9 Å². The molecule has 0 aliphatic heterocycles. The highest BCUT2D eigenvalue weighted by Gasteiger charge is 2.23. The van der Waals surface area contributed by atoms with E-state index in [4.69, 9.17) is 0 Å². The highest BCUT2D eigenvalue weighted by atomic mass is 28.3. The zero-order valence-electron chi connectivity index (χ0n) is 8.90. The molecule has 78 valence electrons. The van der Waals surface area contributed by atoms with Crippen molar-refractivity contribution in [2.24, 2.45) is 0 Å². The molecule has 0 fully saturated rings. The van der Waals surface area contributed by atoms with Gasteiger partial charge in [-0.05, 0) is 17.5 Å².